The molecule has 1 atom stereocenters. The van der Waals surface area contributed by atoms with Crippen molar-refractivity contribution in [2.45, 2.75) is 52.0 Å². The first kappa shape index (κ1) is 37.5. The molecule has 0 fully saturated rings. The highest BCUT2D eigenvalue weighted by atomic mass is 15.0. The van der Waals surface area contributed by atoms with E-state index in [9.17, 15) is 5.26 Å². The normalized spacial score (nSPS) is 15.8. The van der Waals surface area contributed by atoms with Gasteiger partial charge in [0.2, 0.25) is 0 Å². The van der Waals surface area contributed by atoms with Gasteiger partial charge in [0.05, 0.1) is 23.6 Å². The lowest BCUT2D eigenvalue weighted by Crippen LogP contribution is -2.29. The summed E-state index contributed by atoms with van der Waals surface area (Å²) in [6.45, 7) is 10.5. The van der Waals surface area contributed by atoms with Gasteiger partial charge in [-0.2, -0.15) is 5.26 Å². The van der Waals surface area contributed by atoms with Crippen molar-refractivity contribution in [3.05, 3.63) is 208 Å². The molecule has 0 N–H and O–H groups in total. The number of allylic oxidation sites excluding steroid dienone is 4. The second-order valence-corrected chi connectivity index (χ2v) is 14.1. The van der Waals surface area contributed by atoms with E-state index in [1.54, 1.807) is 12.1 Å². The molecule has 0 bridgehead atoms. The number of nitriles is 1. The summed E-state index contributed by atoms with van der Waals surface area (Å²) in [6, 6.07) is 46.1. The Labute approximate surface area is 330 Å². The first-order chi connectivity index (χ1) is 27.5. The lowest BCUT2D eigenvalue weighted by Gasteiger charge is -2.35. The molecule has 2 aliphatic rings. The minimum absolute atomic E-state index is 0.418. The van der Waals surface area contributed by atoms with E-state index in [0.29, 0.717) is 23.8 Å². The number of hydrogen-bond acceptors (Lipinski definition) is 3. The van der Waals surface area contributed by atoms with Crippen LogP contribution in [-0.4, -0.2) is 23.4 Å². The number of benzene rings is 5. The number of aromatic nitrogens is 1. The molecule has 0 amide bonds. The van der Waals surface area contributed by atoms with E-state index in [1.165, 1.54) is 45.4 Å². The topological polar surface area (TPSA) is 73.8 Å². The Morgan fingerprint density at radius 3 is 2.21 bits per heavy atom. The number of aliphatic imine (C=N–C) groups is 3. The van der Waals surface area contributed by atoms with Crippen LogP contribution < -0.4 is 0 Å². The zero-order chi connectivity index (χ0) is 38.9. The summed E-state index contributed by atoms with van der Waals surface area (Å²) in [4.78, 5) is 18.9. The molecule has 5 heteroatoms. The minimum atomic E-state index is -0.470. The Balaban J connectivity index is 0.00000155. The van der Waals surface area contributed by atoms with Crippen molar-refractivity contribution in [2.75, 3.05) is 0 Å². The van der Waals surface area contributed by atoms with Crippen molar-refractivity contribution in [3.63, 3.8) is 0 Å². The molecule has 0 spiro atoms. The van der Waals surface area contributed by atoms with Crippen LogP contribution in [0, 0.1) is 18.3 Å². The molecule has 1 heterocycles. The van der Waals surface area contributed by atoms with Gasteiger partial charge in [-0.25, -0.2) is 9.98 Å². The van der Waals surface area contributed by atoms with Gasteiger partial charge in [-0.15, -0.1) is 0 Å². The summed E-state index contributed by atoms with van der Waals surface area (Å²) in [5.74, 6) is 1.01. The van der Waals surface area contributed by atoms with Crippen molar-refractivity contribution in [3.8, 4) is 28.3 Å². The maximum Gasteiger partial charge on any atom is 0.161 e. The van der Waals surface area contributed by atoms with Crippen LogP contribution in [0.2, 0.25) is 0 Å². The average molecular weight is 728 g/mol. The van der Waals surface area contributed by atoms with Crippen LogP contribution >= 0.6 is 0 Å². The quantitative estimate of drug-likeness (QED) is 0.121. The standard InChI is InChI=1S/C48H37N5.C3H8/c1-33-20-24-37(25-21-33)47(53-46(50-2)36-26-22-34(30-49)23-27-36)52-31-35-11-8-12-38(29-35)41-17-9-19-44-45(41)42-16-6-7-18-43(42)48(44,39-13-4-3-5-14-39)40-15-10-28-51-32-40;1-3-2/h4,6-29,32H,2-3,5,31H2,1H3;3H2,1-2H3. The van der Waals surface area contributed by atoms with Crippen LogP contribution in [0.5, 0.6) is 0 Å². The van der Waals surface area contributed by atoms with E-state index in [4.69, 9.17) is 9.98 Å². The molecule has 1 aromatic heterocycles. The summed E-state index contributed by atoms with van der Waals surface area (Å²) < 4.78 is 0. The Hall–Kier alpha value is -6.77. The van der Waals surface area contributed by atoms with Crippen molar-refractivity contribution in [2.24, 2.45) is 15.0 Å². The largest absolute Gasteiger partial charge is 0.264 e. The molecule has 0 saturated carbocycles. The van der Waals surface area contributed by atoms with Crippen molar-refractivity contribution < 1.29 is 0 Å². The van der Waals surface area contributed by atoms with Crippen LogP contribution in [0.4, 0.5) is 0 Å². The molecule has 8 rings (SSSR count). The van der Waals surface area contributed by atoms with E-state index in [1.807, 2.05) is 42.7 Å². The maximum atomic E-state index is 9.28. The molecule has 5 nitrogen and oxygen atoms in total. The summed E-state index contributed by atoms with van der Waals surface area (Å²) >= 11 is 0. The molecule has 0 radical (unpaired) electrons. The second-order valence-electron chi connectivity index (χ2n) is 14.1. The first-order valence-electron chi connectivity index (χ1n) is 19.3. The molecule has 0 aliphatic heterocycles. The summed E-state index contributed by atoms with van der Waals surface area (Å²) in [5.41, 5.74) is 13.8. The fourth-order valence-electron chi connectivity index (χ4n) is 7.72. The number of rotatable bonds is 7. The molecule has 2 aliphatic carbocycles. The average Bonchev–Trinajstić information content (AvgIpc) is 3.56. The fraction of sp³-hybridized carbons (Fsp3) is 0.157. The number of nitrogens with zero attached hydrogens (tertiary/aromatic N) is 5. The van der Waals surface area contributed by atoms with Crippen LogP contribution in [0.15, 0.2) is 179 Å². The van der Waals surface area contributed by atoms with Crippen molar-refractivity contribution in [1.82, 2.24) is 4.98 Å². The maximum absolute atomic E-state index is 9.28. The van der Waals surface area contributed by atoms with Crippen molar-refractivity contribution in [1.29, 1.82) is 5.26 Å². The zero-order valence-electron chi connectivity index (χ0n) is 32.3. The molecular formula is C51H45N5. The zero-order valence-corrected chi connectivity index (χ0v) is 32.3. The molecule has 56 heavy (non-hydrogen) atoms. The van der Waals surface area contributed by atoms with Crippen LogP contribution in [-0.2, 0) is 12.0 Å². The fourth-order valence-corrected chi connectivity index (χ4v) is 7.72. The van der Waals surface area contributed by atoms with Gasteiger partial charge in [-0.1, -0.05) is 135 Å². The summed E-state index contributed by atoms with van der Waals surface area (Å²) in [5, 5.41) is 9.28. The van der Waals surface area contributed by atoms with E-state index in [0.717, 1.165) is 40.7 Å². The van der Waals surface area contributed by atoms with E-state index < -0.39 is 5.41 Å². The van der Waals surface area contributed by atoms with Gasteiger partial charge in [0.15, 0.2) is 11.7 Å². The molecule has 5 aromatic carbocycles. The van der Waals surface area contributed by atoms with Crippen molar-refractivity contribution >= 4 is 18.4 Å². The highest BCUT2D eigenvalue weighted by Gasteiger charge is 2.47. The Morgan fingerprint density at radius 1 is 0.786 bits per heavy atom. The third kappa shape index (κ3) is 7.34. The SMILES string of the molecule is C=NC(=NC(=NCc1cccc(-c2cccc3c2-c2ccccc2C3(C2=CCCC=C2)c2cccnc2)c1)c1ccc(C)cc1)c1ccc(C#N)cc1.CCC. The van der Waals surface area contributed by atoms with Crippen LogP contribution in [0.3, 0.4) is 0 Å². The number of fused-ring (bicyclic) bond motifs is 3. The van der Waals surface area contributed by atoms with Gasteiger partial charge in [-0.3, -0.25) is 9.98 Å². The lowest BCUT2D eigenvalue weighted by molar-refractivity contribution is 0.747. The van der Waals surface area contributed by atoms with E-state index >= 15 is 0 Å². The monoisotopic (exact) mass is 727 g/mol. The molecule has 1 unspecified atom stereocenters. The smallest absolute Gasteiger partial charge is 0.161 e. The molecule has 6 aromatic rings. The molecule has 0 saturated heterocycles. The highest BCUT2D eigenvalue weighted by Crippen LogP contribution is 2.58. The number of hydrogen-bond donors (Lipinski definition) is 0. The molecule has 274 valence electrons. The third-order valence-electron chi connectivity index (χ3n) is 10.2. The van der Waals surface area contributed by atoms with E-state index in [2.05, 4.69) is 147 Å². The second kappa shape index (κ2) is 17.1. The number of amidine groups is 2. The van der Waals surface area contributed by atoms with Gasteiger partial charge >= 0.3 is 0 Å². The van der Waals surface area contributed by atoms with Gasteiger partial charge in [-0.05, 0) is 113 Å². The predicted octanol–water partition coefficient (Wildman–Crippen LogP) is 12.0. The van der Waals surface area contributed by atoms with Gasteiger partial charge < -0.3 is 0 Å². The van der Waals surface area contributed by atoms with Crippen LogP contribution in [0.25, 0.3) is 22.3 Å². The van der Waals surface area contributed by atoms with Crippen LogP contribution in [0.1, 0.15) is 77.6 Å². The Kier molecular flexibility index (Phi) is 11.5. The Morgan fingerprint density at radius 2 is 1.50 bits per heavy atom. The summed E-state index contributed by atoms with van der Waals surface area (Å²) in [6.07, 6.45) is 14.2. The van der Waals surface area contributed by atoms with Gasteiger partial charge in [0.25, 0.3) is 0 Å². The highest BCUT2D eigenvalue weighted by molar-refractivity contribution is 6.12. The predicted molar refractivity (Wildman–Crippen MR) is 233 cm³/mol. The van der Waals surface area contributed by atoms with Gasteiger partial charge in [0, 0.05) is 23.5 Å². The first-order valence-corrected chi connectivity index (χ1v) is 19.3. The number of aryl methyl sites for hydroxylation is 1. The van der Waals surface area contributed by atoms with E-state index in [-0.39, 0.29) is 0 Å². The lowest BCUT2D eigenvalue weighted by atomic mass is 9.66. The minimum Gasteiger partial charge on any atom is -0.264 e. The number of pyridine rings is 1. The van der Waals surface area contributed by atoms with Gasteiger partial charge in [0.1, 0.15) is 0 Å². The summed E-state index contributed by atoms with van der Waals surface area (Å²) in [7, 11) is 0. The molecular weight excluding hydrogens is 683 g/mol. The third-order valence-corrected chi connectivity index (χ3v) is 10.2. The Bertz CT molecular complexity index is 2520.